The predicted molar refractivity (Wildman–Crippen MR) is 89.5 cm³/mol. The fourth-order valence-electron chi connectivity index (χ4n) is 2.15. The zero-order valence-electron chi connectivity index (χ0n) is 12.5. The first-order chi connectivity index (χ1) is 9.72. The Balaban J connectivity index is 1.99. The Labute approximate surface area is 126 Å². The topological polar surface area (TPSA) is 12.0 Å². The average molecular weight is 285 g/mol. The fraction of sp³-hybridized carbons (Fsp3) is 0.333. The van der Waals surface area contributed by atoms with Crippen LogP contribution in [0.1, 0.15) is 29.7 Å². The van der Waals surface area contributed by atoms with Gasteiger partial charge < -0.3 is 5.32 Å². The van der Waals surface area contributed by atoms with Crippen molar-refractivity contribution in [1.82, 2.24) is 5.32 Å². The minimum atomic E-state index is 0.396. The fourth-order valence-corrected chi connectivity index (χ4v) is 3.19. The van der Waals surface area contributed by atoms with Crippen LogP contribution in [-0.4, -0.2) is 12.8 Å². The summed E-state index contributed by atoms with van der Waals surface area (Å²) in [4.78, 5) is 1.33. The Morgan fingerprint density at radius 1 is 1.00 bits per heavy atom. The second-order valence-corrected chi connectivity index (χ2v) is 6.15. The quantitative estimate of drug-likeness (QED) is 0.778. The summed E-state index contributed by atoms with van der Waals surface area (Å²) in [6, 6.07) is 18.1. The number of aryl methyl sites for hydroxylation is 2. The summed E-state index contributed by atoms with van der Waals surface area (Å²) in [6.45, 7) is 4.32. The van der Waals surface area contributed by atoms with Gasteiger partial charge in [-0.2, -0.15) is 0 Å². The van der Waals surface area contributed by atoms with E-state index in [9.17, 15) is 0 Å². The van der Waals surface area contributed by atoms with Gasteiger partial charge >= 0.3 is 0 Å². The molecule has 0 spiro atoms. The second kappa shape index (κ2) is 7.51. The van der Waals surface area contributed by atoms with E-state index in [2.05, 4.69) is 67.7 Å². The third-order valence-corrected chi connectivity index (χ3v) is 4.68. The molecule has 0 amide bonds. The number of thioether (sulfide) groups is 1. The van der Waals surface area contributed by atoms with E-state index in [1.165, 1.54) is 21.6 Å². The summed E-state index contributed by atoms with van der Waals surface area (Å²) in [7, 11) is 2.04. The Morgan fingerprint density at radius 2 is 1.65 bits per heavy atom. The molecule has 0 saturated heterocycles. The van der Waals surface area contributed by atoms with Crippen molar-refractivity contribution in [2.24, 2.45) is 0 Å². The summed E-state index contributed by atoms with van der Waals surface area (Å²) in [6.07, 6.45) is 1.10. The van der Waals surface area contributed by atoms with E-state index in [1.54, 1.807) is 0 Å². The molecule has 106 valence electrons. The van der Waals surface area contributed by atoms with E-state index in [0.29, 0.717) is 6.04 Å². The van der Waals surface area contributed by atoms with E-state index < -0.39 is 0 Å². The van der Waals surface area contributed by atoms with Crippen molar-refractivity contribution in [1.29, 1.82) is 0 Å². The lowest BCUT2D eigenvalue weighted by Crippen LogP contribution is -2.18. The molecule has 20 heavy (non-hydrogen) atoms. The molecule has 1 nitrogen and oxygen atoms in total. The molecular formula is C18H23NS. The molecule has 2 rings (SSSR count). The molecule has 0 radical (unpaired) electrons. The van der Waals surface area contributed by atoms with Crippen molar-refractivity contribution in [3.8, 4) is 0 Å². The molecule has 1 N–H and O–H groups in total. The van der Waals surface area contributed by atoms with Gasteiger partial charge in [-0.3, -0.25) is 0 Å². The molecule has 2 aromatic rings. The molecule has 0 aliphatic rings. The van der Waals surface area contributed by atoms with Gasteiger partial charge in [0, 0.05) is 16.7 Å². The maximum absolute atomic E-state index is 3.42. The monoisotopic (exact) mass is 285 g/mol. The number of rotatable bonds is 6. The lowest BCUT2D eigenvalue weighted by Gasteiger charge is -2.16. The Hall–Kier alpha value is -1.25. The number of hydrogen-bond donors (Lipinski definition) is 1. The Kier molecular flexibility index (Phi) is 5.69. The molecule has 2 heteroatoms. The van der Waals surface area contributed by atoms with Gasteiger partial charge in [-0.15, -0.1) is 11.8 Å². The van der Waals surface area contributed by atoms with Crippen LogP contribution in [0, 0.1) is 6.92 Å². The first-order valence-corrected chi connectivity index (χ1v) is 8.17. The first-order valence-electron chi connectivity index (χ1n) is 7.18. The van der Waals surface area contributed by atoms with Gasteiger partial charge in [-0.1, -0.05) is 48.9 Å². The van der Waals surface area contributed by atoms with E-state index in [-0.39, 0.29) is 0 Å². The molecule has 0 aliphatic carbocycles. The molecule has 0 heterocycles. The standard InChI is InChI=1S/C18H23NS/c1-4-15-7-9-16(10-8-15)18(19-3)13-20-17-11-5-14(2)6-12-17/h5-12,18-19H,4,13H2,1-3H3. The van der Waals surface area contributed by atoms with Crippen molar-refractivity contribution in [3.05, 3.63) is 65.2 Å². The third-order valence-electron chi connectivity index (χ3n) is 3.58. The van der Waals surface area contributed by atoms with Crippen LogP contribution in [-0.2, 0) is 6.42 Å². The highest BCUT2D eigenvalue weighted by Gasteiger charge is 2.09. The zero-order chi connectivity index (χ0) is 14.4. The minimum Gasteiger partial charge on any atom is -0.312 e. The number of nitrogens with one attached hydrogen (secondary N) is 1. The van der Waals surface area contributed by atoms with Crippen LogP contribution in [0.2, 0.25) is 0 Å². The summed E-state index contributed by atoms with van der Waals surface area (Å²) < 4.78 is 0. The van der Waals surface area contributed by atoms with Crippen LogP contribution in [0.5, 0.6) is 0 Å². The molecular weight excluding hydrogens is 262 g/mol. The second-order valence-electron chi connectivity index (χ2n) is 5.06. The van der Waals surface area contributed by atoms with Crippen LogP contribution >= 0.6 is 11.8 Å². The van der Waals surface area contributed by atoms with Gasteiger partial charge in [0.15, 0.2) is 0 Å². The third kappa shape index (κ3) is 4.12. The Morgan fingerprint density at radius 3 is 2.20 bits per heavy atom. The minimum absolute atomic E-state index is 0.396. The van der Waals surface area contributed by atoms with Crippen molar-refractivity contribution < 1.29 is 0 Å². The average Bonchev–Trinajstić information content (AvgIpc) is 2.50. The highest BCUT2D eigenvalue weighted by molar-refractivity contribution is 7.99. The smallest absolute Gasteiger partial charge is 0.0412 e. The van der Waals surface area contributed by atoms with Crippen molar-refractivity contribution in [3.63, 3.8) is 0 Å². The Bertz CT molecular complexity index is 516. The molecule has 0 aromatic heterocycles. The van der Waals surface area contributed by atoms with Crippen molar-refractivity contribution in [2.45, 2.75) is 31.2 Å². The van der Waals surface area contributed by atoms with Gasteiger partial charge in [0.1, 0.15) is 0 Å². The maximum Gasteiger partial charge on any atom is 0.0412 e. The first kappa shape index (κ1) is 15.1. The molecule has 1 atom stereocenters. The summed E-state index contributed by atoms with van der Waals surface area (Å²) >= 11 is 1.90. The molecule has 2 aromatic carbocycles. The van der Waals surface area contributed by atoms with E-state index in [0.717, 1.165) is 12.2 Å². The van der Waals surface area contributed by atoms with Gasteiger partial charge in [0.25, 0.3) is 0 Å². The molecule has 0 saturated carbocycles. The van der Waals surface area contributed by atoms with Gasteiger partial charge in [-0.05, 0) is 43.7 Å². The van der Waals surface area contributed by atoms with Gasteiger partial charge in [0.2, 0.25) is 0 Å². The number of benzene rings is 2. The van der Waals surface area contributed by atoms with Crippen LogP contribution < -0.4 is 5.32 Å². The lowest BCUT2D eigenvalue weighted by molar-refractivity contribution is 0.661. The molecule has 0 bridgehead atoms. The van der Waals surface area contributed by atoms with E-state index >= 15 is 0 Å². The zero-order valence-corrected chi connectivity index (χ0v) is 13.3. The van der Waals surface area contributed by atoms with Crippen molar-refractivity contribution >= 4 is 11.8 Å². The maximum atomic E-state index is 3.42. The normalized spacial score (nSPS) is 12.3. The van der Waals surface area contributed by atoms with Crippen LogP contribution in [0.15, 0.2) is 53.4 Å². The van der Waals surface area contributed by atoms with Gasteiger partial charge in [-0.25, -0.2) is 0 Å². The molecule has 1 unspecified atom stereocenters. The van der Waals surface area contributed by atoms with E-state index in [4.69, 9.17) is 0 Å². The largest absolute Gasteiger partial charge is 0.312 e. The summed E-state index contributed by atoms with van der Waals surface area (Å²) in [5.74, 6) is 1.05. The summed E-state index contributed by atoms with van der Waals surface area (Å²) in [5.41, 5.74) is 4.08. The van der Waals surface area contributed by atoms with Crippen LogP contribution in [0.25, 0.3) is 0 Å². The van der Waals surface area contributed by atoms with Crippen LogP contribution in [0.4, 0.5) is 0 Å². The SMILES string of the molecule is CCc1ccc(C(CSc2ccc(C)cc2)NC)cc1. The van der Waals surface area contributed by atoms with Gasteiger partial charge in [0.05, 0.1) is 0 Å². The van der Waals surface area contributed by atoms with E-state index in [1.807, 2.05) is 18.8 Å². The molecule has 0 aliphatic heterocycles. The number of hydrogen-bond acceptors (Lipinski definition) is 2. The lowest BCUT2D eigenvalue weighted by atomic mass is 10.1. The summed E-state index contributed by atoms with van der Waals surface area (Å²) in [5, 5.41) is 3.42. The molecule has 0 fully saturated rings. The van der Waals surface area contributed by atoms with Crippen molar-refractivity contribution in [2.75, 3.05) is 12.8 Å². The highest BCUT2D eigenvalue weighted by atomic mass is 32.2. The van der Waals surface area contributed by atoms with Crippen LogP contribution in [0.3, 0.4) is 0 Å². The highest BCUT2D eigenvalue weighted by Crippen LogP contribution is 2.25. The predicted octanol–water partition coefficient (Wildman–Crippen LogP) is 4.61.